The Bertz CT molecular complexity index is 474. The van der Waals surface area contributed by atoms with Gasteiger partial charge >= 0.3 is 12.0 Å². The summed E-state index contributed by atoms with van der Waals surface area (Å²) < 4.78 is 0. The number of carbonyl (C=O) groups is 2. The largest absolute Gasteiger partial charge is 0.481 e. The van der Waals surface area contributed by atoms with E-state index in [-0.39, 0.29) is 19.0 Å². The number of aryl methyl sites for hydroxylation is 1. The number of carboxylic acids is 1. The van der Waals surface area contributed by atoms with E-state index in [1.54, 1.807) is 32.2 Å². The predicted octanol–water partition coefficient (Wildman–Crippen LogP) is 1.55. The molecule has 0 heterocycles. The number of hydrogen-bond acceptors (Lipinski definition) is 3. The van der Waals surface area contributed by atoms with Crippen molar-refractivity contribution in [1.29, 1.82) is 0 Å². The fraction of sp³-hybridized carbons (Fsp3) is 0.429. The van der Waals surface area contributed by atoms with E-state index in [0.717, 1.165) is 5.56 Å². The van der Waals surface area contributed by atoms with Crippen LogP contribution in [-0.2, 0) is 11.2 Å². The van der Waals surface area contributed by atoms with Crippen molar-refractivity contribution < 1.29 is 19.8 Å². The molecule has 0 saturated heterocycles. The second kappa shape index (κ2) is 7.49. The first-order valence-electron chi connectivity index (χ1n) is 6.39. The van der Waals surface area contributed by atoms with Gasteiger partial charge in [-0.25, -0.2) is 4.79 Å². The van der Waals surface area contributed by atoms with Gasteiger partial charge in [-0.1, -0.05) is 12.1 Å². The molecule has 1 aromatic rings. The van der Waals surface area contributed by atoms with E-state index in [2.05, 4.69) is 5.32 Å². The van der Waals surface area contributed by atoms with Gasteiger partial charge in [-0.05, 0) is 31.0 Å². The van der Waals surface area contributed by atoms with Crippen LogP contribution in [0.3, 0.4) is 0 Å². The number of hydrogen-bond donors (Lipinski definition) is 3. The highest BCUT2D eigenvalue weighted by molar-refractivity contribution is 5.89. The van der Waals surface area contributed by atoms with Crippen LogP contribution in [0.2, 0.25) is 0 Å². The van der Waals surface area contributed by atoms with Gasteiger partial charge in [0.25, 0.3) is 0 Å². The van der Waals surface area contributed by atoms with Gasteiger partial charge in [-0.2, -0.15) is 0 Å². The second-order valence-corrected chi connectivity index (χ2v) is 4.75. The zero-order valence-electron chi connectivity index (χ0n) is 11.7. The average Bonchev–Trinajstić information content (AvgIpc) is 2.36. The Morgan fingerprint density at radius 3 is 2.70 bits per heavy atom. The molecule has 0 saturated carbocycles. The summed E-state index contributed by atoms with van der Waals surface area (Å²) in [5.74, 6) is -0.851. The molecule has 1 atom stereocenters. The second-order valence-electron chi connectivity index (χ2n) is 4.75. The molecule has 2 amide bonds. The van der Waals surface area contributed by atoms with E-state index < -0.39 is 12.1 Å². The van der Waals surface area contributed by atoms with Gasteiger partial charge in [0.1, 0.15) is 0 Å². The molecule has 6 nitrogen and oxygen atoms in total. The molecule has 0 bridgehead atoms. The monoisotopic (exact) mass is 280 g/mol. The Morgan fingerprint density at radius 1 is 1.40 bits per heavy atom. The van der Waals surface area contributed by atoms with Gasteiger partial charge in [0, 0.05) is 25.7 Å². The maximum Gasteiger partial charge on any atom is 0.321 e. The van der Waals surface area contributed by atoms with Crippen LogP contribution in [0.15, 0.2) is 24.3 Å². The molecule has 1 unspecified atom stereocenters. The van der Waals surface area contributed by atoms with Gasteiger partial charge in [-0.15, -0.1) is 0 Å². The van der Waals surface area contributed by atoms with Crippen LogP contribution in [-0.4, -0.2) is 46.8 Å². The van der Waals surface area contributed by atoms with Gasteiger partial charge in [-0.3, -0.25) is 4.79 Å². The van der Waals surface area contributed by atoms with E-state index >= 15 is 0 Å². The first-order chi connectivity index (χ1) is 9.38. The number of nitrogens with zero attached hydrogens (tertiary/aromatic N) is 1. The van der Waals surface area contributed by atoms with Crippen molar-refractivity contribution in [3.63, 3.8) is 0 Å². The highest BCUT2D eigenvalue weighted by Crippen LogP contribution is 2.13. The third-order valence-corrected chi connectivity index (χ3v) is 2.69. The van der Waals surface area contributed by atoms with Crippen LogP contribution in [0.1, 0.15) is 18.9 Å². The summed E-state index contributed by atoms with van der Waals surface area (Å²) in [7, 11) is 1.59. The molecule has 0 fully saturated rings. The Balaban J connectivity index is 2.61. The lowest BCUT2D eigenvalue weighted by atomic mass is 10.1. The Morgan fingerprint density at radius 2 is 2.10 bits per heavy atom. The number of carboxylic acid groups (broad SMARTS) is 1. The summed E-state index contributed by atoms with van der Waals surface area (Å²) in [6.45, 7) is 1.85. The molecule has 0 aliphatic carbocycles. The van der Waals surface area contributed by atoms with Crippen LogP contribution < -0.4 is 5.32 Å². The molecule has 0 spiro atoms. The summed E-state index contributed by atoms with van der Waals surface area (Å²) in [6.07, 6.45) is -0.116. The molecule has 3 N–H and O–H groups in total. The molecule has 6 heteroatoms. The maximum atomic E-state index is 11.8. The quantitative estimate of drug-likeness (QED) is 0.737. The third-order valence-electron chi connectivity index (χ3n) is 2.69. The zero-order chi connectivity index (χ0) is 15.1. The number of carbonyl (C=O) groups excluding carboxylic acids is 1. The predicted molar refractivity (Wildman–Crippen MR) is 75.7 cm³/mol. The van der Waals surface area contributed by atoms with Crippen LogP contribution in [0, 0.1) is 0 Å². The normalized spacial score (nSPS) is 11.8. The Labute approximate surface area is 118 Å². The number of rotatable bonds is 6. The molecule has 1 aromatic carbocycles. The molecular weight excluding hydrogens is 260 g/mol. The van der Waals surface area contributed by atoms with E-state index in [0.29, 0.717) is 12.1 Å². The number of anilines is 1. The summed E-state index contributed by atoms with van der Waals surface area (Å²) >= 11 is 0. The lowest BCUT2D eigenvalue weighted by Crippen LogP contribution is -2.36. The molecule has 20 heavy (non-hydrogen) atoms. The van der Waals surface area contributed by atoms with Crippen LogP contribution in [0.5, 0.6) is 0 Å². The number of likely N-dealkylation sites (N-methyl/N-ethyl adjacent to an activating group) is 1. The standard InChI is InChI=1S/C14H20N2O4/c1-10(17)9-16(2)14(20)15-12-5-3-4-11(8-12)6-7-13(18)19/h3-5,8,10,17H,6-7,9H2,1-2H3,(H,15,20)(H,18,19). The molecule has 0 aromatic heterocycles. The van der Waals surface area contributed by atoms with Crippen LogP contribution in [0.4, 0.5) is 10.5 Å². The van der Waals surface area contributed by atoms with Crippen LogP contribution in [0.25, 0.3) is 0 Å². The molecule has 1 rings (SSSR count). The molecule has 0 aliphatic heterocycles. The van der Waals surface area contributed by atoms with Crippen LogP contribution >= 0.6 is 0 Å². The van der Waals surface area contributed by atoms with E-state index in [4.69, 9.17) is 5.11 Å². The van der Waals surface area contributed by atoms with E-state index in [1.807, 2.05) is 6.07 Å². The summed E-state index contributed by atoms with van der Waals surface area (Å²) in [4.78, 5) is 23.7. The fourth-order valence-electron chi connectivity index (χ4n) is 1.75. The number of urea groups is 1. The highest BCUT2D eigenvalue weighted by atomic mass is 16.4. The minimum atomic E-state index is -0.851. The van der Waals surface area contributed by atoms with Crippen molar-refractivity contribution in [2.45, 2.75) is 25.9 Å². The molecule has 0 aliphatic rings. The molecule has 110 valence electrons. The Hall–Kier alpha value is -2.08. The number of benzene rings is 1. The third kappa shape index (κ3) is 5.71. The van der Waals surface area contributed by atoms with Crippen molar-refractivity contribution in [2.24, 2.45) is 0 Å². The van der Waals surface area contributed by atoms with Gasteiger partial charge in [0.05, 0.1) is 6.10 Å². The minimum Gasteiger partial charge on any atom is -0.481 e. The first kappa shape index (κ1) is 16.0. The van der Waals surface area contributed by atoms with E-state index in [1.165, 1.54) is 4.90 Å². The minimum absolute atomic E-state index is 0.0549. The first-order valence-corrected chi connectivity index (χ1v) is 6.39. The van der Waals surface area contributed by atoms with Gasteiger partial charge in [0.2, 0.25) is 0 Å². The lowest BCUT2D eigenvalue weighted by molar-refractivity contribution is -0.136. The molecule has 0 radical (unpaired) electrons. The van der Waals surface area contributed by atoms with Crippen molar-refractivity contribution in [1.82, 2.24) is 4.90 Å². The number of aliphatic hydroxyl groups is 1. The number of amides is 2. The SMILES string of the molecule is CC(O)CN(C)C(=O)Nc1cccc(CCC(=O)O)c1. The number of nitrogens with one attached hydrogen (secondary N) is 1. The van der Waals surface area contributed by atoms with E-state index in [9.17, 15) is 14.7 Å². The van der Waals surface area contributed by atoms with Crippen molar-refractivity contribution in [2.75, 3.05) is 18.9 Å². The smallest absolute Gasteiger partial charge is 0.321 e. The fourth-order valence-corrected chi connectivity index (χ4v) is 1.75. The highest BCUT2D eigenvalue weighted by Gasteiger charge is 2.11. The Kier molecular flexibility index (Phi) is 5.99. The van der Waals surface area contributed by atoms with Gasteiger partial charge < -0.3 is 20.4 Å². The lowest BCUT2D eigenvalue weighted by Gasteiger charge is -2.19. The van der Waals surface area contributed by atoms with Crippen molar-refractivity contribution >= 4 is 17.7 Å². The van der Waals surface area contributed by atoms with Gasteiger partial charge in [0.15, 0.2) is 0 Å². The summed E-state index contributed by atoms with van der Waals surface area (Å²) in [5.41, 5.74) is 1.46. The average molecular weight is 280 g/mol. The summed E-state index contributed by atoms with van der Waals surface area (Å²) in [6, 6.07) is 6.75. The summed E-state index contributed by atoms with van der Waals surface area (Å²) in [5, 5.41) is 20.6. The topological polar surface area (TPSA) is 89.9 Å². The zero-order valence-corrected chi connectivity index (χ0v) is 11.7. The number of aliphatic carboxylic acids is 1. The maximum absolute atomic E-state index is 11.8. The van der Waals surface area contributed by atoms with Crippen molar-refractivity contribution in [3.05, 3.63) is 29.8 Å². The van der Waals surface area contributed by atoms with Crippen molar-refractivity contribution in [3.8, 4) is 0 Å². The molecular formula is C14H20N2O4. The number of aliphatic hydroxyl groups excluding tert-OH is 1.